The van der Waals surface area contributed by atoms with Crippen molar-refractivity contribution in [3.05, 3.63) is 40.0 Å². The third-order valence-corrected chi connectivity index (χ3v) is 3.18. The Morgan fingerprint density at radius 2 is 1.88 bits per heavy atom. The van der Waals surface area contributed by atoms with E-state index in [9.17, 15) is 0 Å². The number of nitrogens with two attached hydrogens (primary N) is 1. The van der Waals surface area contributed by atoms with Gasteiger partial charge in [-0.05, 0) is 31.5 Å². The third-order valence-electron chi connectivity index (χ3n) is 2.29. The Morgan fingerprint density at radius 3 is 2.50 bits per heavy atom. The molecule has 0 fully saturated rings. The van der Waals surface area contributed by atoms with Crippen LogP contribution in [-0.2, 0) is 0 Å². The summed E-state index contributed by atoms with van der Waals surface area (Å²) in [6.07, 6.45) is 0. The summed E-state index contributed by atoms with van der Waals surface area (Å²) in [6, 6.07) is 7.77. The Balaban J connectivity index is 2.54. The molecule has 3 nitrogen and oxygen atoms in total. The van der Waals surface area contributed by atoms with Crippen LogP contribution < -0.4 is 5.73 Å². The summed E-state index contributed by atoms with van der Waals surface area (Å²) < 4.78 is 1.08. The maximum atomic E-state index is 5.70. The van der Waals surface area contributed by atoms with Crippen LogP contribution in [0, 0.1) is 13.8 Å². The lowest BCUT2D eigenvalue weighted by Gasteiger charge is -2.05. The second kappa shape index (κ2) is 4.22. The maximum Gasteiger partial charge on any atom is 0.161 e. The van der Waals surface area contributed by atoms with E-state index in [1.54, 1.807) is 6.07 Å². The van der Waals surface area contributed by atoms with Gasteiger partial charge in [0.2, 0.25) is 0 Å². The number of rotatable bonds is 1. The highest BCUT2D eigenvalue weighted by Crippen LogP contribution is 2.23. The summed E-state index contributed by atoms with van der Waals surface area (Å²) in [7, 11) is 0. The number of aromatic nitrogens is 2. The molecule has 0 aliphatic rings. The molecule has 2 rings (SSSR count). The van der Waals surface area contributed by atoms with Crippen LogP contribution in [0.25, 0.3) is 11.4 Å². The fourth-order valence-electron chi connectivity index (χ4n) is 1.51. The average molecular weight is 278 g/mol. The Hall–Kier alpha value is -1.42. The number of halogens is 1. The molecule has 0 atom stereocenters. The van der Waals surface area contributed by atoms with Crippen molar-refractivity contribution in [2.75, 3.05) is 5.73 Å². The van der Waals surface area contributed by atoms with Crippen molar-refractivity contribution in [1.82, 2.24) is 9.97 Å². The fraction of sp³-hybridized carbons (Fsp3) is 0.167. The third kappa shape index (κ3) is 2.22. The zero-order valence-corrected chi connectivity index (χ0v) is 10.7. The van der Waals surface area contributed by atoms with Crippen molar-refractivity contribution in [1.29, 1.82) is 0 Å². The molecule has 1 heterocycles. The van der Waals surface area contributed by atoms with Gasteiger partial charge in [0.15, 0.2) is 5.82 Å². The lowest BCUT2D eigenvalue weighted by molar-refractivity contribution is 1.12. The molecule has 16 heavy (non-hydrogen) atoms. The van der Waals surface area contributed by atoms with Gasteiger partial charge in [-0.15, -0.1) is 0 Å². The topological polar surface area (TPSA) is 51.8 Å². The molecule has 1 aromatic carbocycles. The normalized spacial score (nSPS) is 10.4. The van der Waals surface area contributed by atoms with Crippen LogP contribution in [0.4, 0.5) is 5.82 Å². The van der Waals surface area contributed by atoms with E-state index >= 15 is 0 Å². The molecule has 0 aliphatic heterocycles. The van der Waals surface area contributed by atoms with Crippen LogP contribution in [0.15, 0.2) is 28.7 Å². The molecule has 2 aromatic rings. The standard InChI is InChI=1S/C12H12BrN3/c1-7-5-9(3-4-10(7)13)12-15-8(2)6-11(14)16-12/h3-6H,1-2H3,(H2,14,15,16). The Bertz CT molecular complexity index is 518. The van der Waals surface area contributed by atoms with Crippen molar-refractivity contribution in [2.24, 2.45) is 0 Å². The predicted molar refractivity (Wildman–Crippen MR) is 69.1 cm³/mol. The van der Waals surface area contributed by atoms with E-state index in [0.29, 0.717) is 11.6 Å². The maximum absolute atomic E-state index is 5.70. The van der Waals surface area contributed by atoms with Gasteiger partial charge in [-0.1, -0.05) is 22.0 Å². The number of aryl methyl sites for hydroxylation is 2. The molecule has 0 radical (unpaired) electrons. The van der Waals surface area contributed by atoms with Gasteiger partial charge < -0.3 is 5.73 Å². The number of nitrogens with zero attached hydrogens (tertiary/aromatic N) is 2. The first kappa shape index (κ1) is 11.1. The van der Waals surface area contributed by atoms with Gasteiger partial charge in [0.1, 0.15) is 5.82 Å². The first-order chi connectivity index (χ1) is 7.56. The molecule has 0 bridgehead atoms. The molecule has 82 valence electrons. The van der Waals surface area contributed by atoms with E-state index in [1.807, 2.05) is 32.0 Å². The number of anilines is 1. The molecule has 0 saturated heterocycles. The fourth-order valence-corrected chi connectivity index (χ4v) is 1.75. The van der Waals surface area contributed by atoms with Gasteiger partial charge in [0.05, 0.1) is 0 Å². The van der Waals surface area contributed by atoms with Gasteiger partial charge in [0, 0.05) is 21.8 Å². The lowest BCUT2D eigenvalue weighted by Crippen LogP contribution is -1.97. The second-order valence-corrected chi connectivity index (χ2v) is 4.58. The molecule has 0 spiro atoms. The zero-order chi connectivity index (χ0) is 11.7. The van der Waals surface area contributed by atoms with E-state index in [2.05, 4.69) is 25.9 Å². The molecule has 1 aromatic heterocycles. The minimum absolute atomic E-state index is 0.503. The van der Waals surface area contributed by atoms with E-state index in [4.69, 9.17) is 5.73 Å². The van der Waals surface area contributed by atoms with Crippen molar-refractivity contribution in [3.63, 3.8) is 0 Å². The van der Waals surface area contributed by atoms with Gasteiger partial charge >= 0.3 is 0 Å². The molecular formula is C12H12BrN3. The molecule has 0 aliphatic carbocycles. The monoisotopic (exact) mass is 277 g/mol. The van der Waals surface area contributed by atoms with E-state index < -0.39 is 0 Å². The van der Waals surface area contributed by atoms with Crippen LogP contribution >= 0.6 is 15.9 Å². The van der Waals surface area contributed by atoms with Gasteiger partial charge in [-0.25, -0.2) is 9.97 Å². The average Bonchev–Trinajstić information content (AvgIpc) is 2.20. The van der Waals surface area contributed by atoms with Crippen LogP contribution in [-0.4, -0.2) is 9.97 Å². The van der Waals surface area contributed by atoms with Crippen molar-refractivity contribution < 1.29 is 0 Å². The van der Waals surface area contributed by atoms with E-state index in [0.717, 1.165) is 21.3 Å². The summed E-state index contributed by atoms with van der Waals surface area (Å²) in [5, 5.41) is 0. The quantitative estimate of drug-likeness (QED) is 0.872. The van der Waals surface area contributed by atoms with Crippen molar-refractivity contribution in [3.8, 4) is 11.4 Å². The van der Waals surface area contributed by atoms with Crippen LogP contribution in [0.3, 0.4) is 0 Å². The molecule has 0 unspecified atom stereocenters. The van der Waals surface area contributed by atoms with Crippen molar-refractivity contribution >= 4 is 21.7 Å². The van der Waals surface area contributed by atoms with E-state index in [1.165, 1.54) is 0 Å². The number of hydrogen-bond donors (Lipinski definition) is 1. The number of nitrogen functional groups attached to an aromatic ring is 1. The molecular weight excluding hydrogens is 266 g/mol. The number of benzene rings is 1. The number of hydrogen-bond acceptors (Lipinski definition) is 3. The molecule has 4 heteroatoms. The zero-order valence-electron chi connectivity index (χ0n) is 9.16. The van der Waals surface area contributed by atoms with E-state index in [-0.39, 0.29) is 0 Å². The Labute approximate surface area is 103 Å². The molecule has 0 amide bonds. The summed E-state index contributed by atoms with van der Waals surface area (Å²) in [6.45, 7) is 3.94. The summed E-state index contributed by atoms with van der Waals surface area (Å²) in [4.78, 5) is 8.60. The smallest absolute Gasteiger partial charge is 0.161 e. The molecule has 2 N–H and O–H groups in total. The Kier molecular flexibility index (Phi) is 2.92. The van der Waals surface area contributed by atoms with Gasteiger partial charge in [-0.3, -0.25) is 0 Å². The minimum Gasteiger partial charge on any atom is -0.384 e. The largest absolute Gasteiger partial charge is 0.384 e. The second-order valence-electron chi connectivity index (χ2n) is 3.72. The van der Waals surface area contributed by atoms with Crippen LogP contribution in [0.1, 0.15) is 11.3 Å². The highest BCUT2D eigenvalue weighted by molar-refractivity contribution is 9.10. The SMILES string of the molecule is Cc1cc(N)nc(-c2ccc(Br)c(C)c2)n1. The van der Waals surface area contributed by atoms with Crippen LogP contribution in [0.2, 0.25) is 0 Å². The highest BCUT2D eigenvalue weighted by atomic mass is 79.9. The first-order valence-electron chi connectivity index (χ1n) is 4.94. The Morgan fingerprint density at radius 1 is 1.12 bits per heavy atom. The summed E-state index contributed by atoms with van der Waals surface area (Å²) >= 11 is 3.47. The molecule has 0 saturated carbocycles. The van der Waals surface area contributed by atoms with Gasteiger partial charge in [0.25, 0.3) is 0 Å². The summed E-state index contributed by atoms with van der Waals surface area (Å²) in [5.74, 6) is 1.18. The summed E-state index contributed by atoms with van der Waals surface area (Å²) in [5.41, 5.74) is 8.72. The predicted octanol–water partition coefficient (Wildman–Crippen LogP) is 3.11. The first-order valence-corrected chi connectivity index (χ1v) is 5.73. The lowest BCUT2D eigenvalue weighted by atomic mass is 10.1. The van der Waals surface area contributed by atoms with Crippen LogP contribution in [0.5, 0.6) is 0 Å². The highest BCUT2D eigenvalue weighted by Gasteiger charge is 2.05. The van der Waals surface area contributed by atoms with Crippen molar-refractivity contribution in [2.45, 2.75) is 13.8 Å². The van der Waals surface area contributed by atoms with Gasteiger partial charge in [-0.2, -0.15) is 0 Å². The minimum atomic E-state index is 0.503.